The Morgan fingerprint density at radius 2 is 1.90 bits per heavy atom. The van der Waals surface area contributed by atoms with E-state index < -0.39 is 6.61 Å². The largest absolute Gasteiger partial charge is 0.488 e. The van der Waals surface area contributed by atoms with Gasteiger partial charge < -0.3 is 14.8 Å². The van der Waals surface area contributed by atoms with E-state index in [4.69, 9.17) is 4.74 Å². The van der Waals surface area contributed by atoms with Crippen LogP contribution in [0.1, 0.15) is 5.56 Å². The van der Waals surface area contributed by atoms with Crippen LogP contribution in [0.3, 0.4) is 0 Å². The molecule has 0 aromatic heterocycles. The summed E-state index contributed by atoms with van der Waals surface area (Å²) in [6.45, 7) is -2.31. The van der Waals surface area contributed by atoms with Crippen LogP contribution in [0, 0.1) is 0 Å². The second-order valence-electron chi connectivity index (χ2n) is 4.81. The van der Waals surface area contributed by atoms with E-state index >= 15 is 0 Å². The van der Waals surface area contributed by atoms with Crippen LogP contribution >= 0.6 is 0 Å². The van der Waals surface area contributed by atoms with Crippen LogP contribution in [-0.4, -0.2) is 19.3 Å². The molecule has 0 saturated heterocycles. The van der Waals surface area contributed by atoms with E-state index in [2.05, 4.69) is 10.1 Å². The maximum Gasteiger partial charge on any atom is 0.387 e. The Labute approximate surface area is 121 Å². The van der Waals surface area contributed by atoms with Crippen molar-refractivity contribution in [1.82, 2.24) is 0 Å². The number of para-hydroxylation sites is 3. The lowest BCUT2D eigenvalue weighted by molar-refractivity contribution is -0.0493. The van der Waals surface area contributed by atoms with E-state index in [9.17, 15) is 8.78 Å². The van der Waals surface area contributed by atoms with Gasteiger partial charge in [-0.05, 0) is 23.8 Å². The highest BCUT2D eigenvalue weighted by molar-refractivity contribution is 5.56. The van der Waals surface area contributed by atoms with Gasteiger partial charge in [0, 0.05) is 6.42 Å². The fourth-order valence-electron chi connectivity index (χ4n) is 2.40. The molecular weight excluding hydrogens is 276 g/mol. The minimum absolute atomic E-state index is 0.0120. The number of rotatable bonds is 5. The van der Waals surface area contributed by atoms with Gasteiger partial charge in [0.1, 0.15) is 17.6 Å². The number of anilines is 1. The zero-order valence-electron chi connectivity index (χ0n) is 11.3. The molecular formula is C16H15F2NO2. The fraction of sp³-hybridized carbons (Fsp3) is 0.250. The Morgan fingerprint density at radius 1 is 1.14 bits per heavy atom. The predicted molar refractivity (Wildman–Crippen MR) is 76.1 cm³/mol. The van der Waals surface area contributed by atoms with Crippen molar-refractivity contribution in [3.8, 4) is 11.5 Å². The van der Waals surface area contributed by atoms with Crippen molar-refractivity contribution < 1.29 is 18.3 Å². The topological polar surface area (TPSA) is 30.5 Å². The summed E-state index contributed by atoms with van der Waals surface area (Å²) in [7, 11) is 0. The van der Waals surface area contributed by atoms with Crippen molar-refractivity contribution in [2.24, 2.45) is 0 Å². The normalized spacial score (nSPS) is 16.4. The monoisotopic (exact) mass is 291 g/mol. The van der Waals surface area contributed by atoms with E-state index in [1.165, 1.54) is 11.6 Å². The van der Waals surface area contributed by atoms with Crippen molar-refractivity contribution in [2.75, 3.05) is 11.9 Å². The molecule has 0 aliphatic carbocycles. The second kappa shape index (κ2) is 5.99. The molecule has 1 aliphatic rings. The van der Waals surface area contributed by atoms with Gasteiger partial charge in [-0.25, -0.2) is 0 Å². The van der Waals surface area contributed by atoms with Gasteiger partial charge in [0.2, 0.25) is 0 Å². The summed E-state index contributed by atoms with van der Waals surface area (Å²) in [6, 6.07) is 14.5. The molecule has 0 radical (unpaired) electrons. The Hall–Kier alpha value is -2.30. The lowest BCUT2D eigenvalue weighted by atomic mass is 10.1. The summed E-state index contributed by atoms with van der Waals surface area (Å²) < 4.78 is 35.0. The first-order chi connectivity index (χ1) is 10.2. The third kappa shape index (κ3) is 3.24. The third-order valence-corrected chi connectivity index (χ3v) is 3.34. The molecule has 2 aromatic rings. The van der Waals surface area contributed by atoms with Crippen LogP contribution in [0.25, 0.3) is 0 Å². The number of hydrogen-bond acceptors (Lipinski definition) is 3. The molecule has 1 unspecified atom stereocenters. The van der Waals surface area contributed by atoms with E-state index in [0.29, 0.717) is 12.2 Å². The van der Waals surface area contributed by atoms with E-state index in [0.717, 1.165) is 12.2 Å². The first kappa shape index (κ1) is 13.7. The highest BCUT2D eigenvalue weighted by Gasteiger charge is 2.22. The Kier molecular flexibility index (Phi) is 3.90. The van der Waals surface area contributed by atoms with Crippen LogP contribution in [0.15, 0.2) is 48.5 Å². The maximum absolute atomic E-state index is 12.3. The van der Waals surface area contributed by atoms with Crippen molar-refractivity contribution in [2.45, 2.75) is 19.1 Å². The summed E-state index contributed by atoms with van der Waals surface area (Å²) in [5.74, 6) is 1.03. The van der Waals surface area contributed by atoms with Crippen LogP contribution in [0.4, 0.5) is 14.5 Å². The summed E-state index contributed by atoms with van der Waals surface area (Å²) in [5, 5.41) is 3.11. The molecule has 0 fully saturated rings. The van der Waals surface area contributed by atoms with E-state index in [-0.39, 0.29) is 11.9 Å². The Bertz CT molecular complexity index is 594. The number of benzene rings is 2. The molecule has 1 aliphatic heterocycles. The van der Waals surface area contributed by atoms with Gasteiger partial charge in [0.15, 0.2) is 0 Å². The molecule has 1 heterocycles. The quantitative estimate of drug-likeness (QED) is 0.911. The van der Waals surface area contributed by atoms with Gasteiger partial charge in [-0.15, -0.1) is 0 Å². The standard InChI is InChI=1S/C16H15F2NO2/c17-16(18)21-15-8-4-2-6-13(15)19-10-12-9-11-5-1-3-7-14(11)20-12/h1-8,12,16,19H,9-10H2. The molecule has 3 nitrogen and oxygen atoms in total. The third-order valence-electron chi connectivity index (χ3n) is 3.34. The van der Waals surface area contributed by atoms with Crippen molar-refractivity contribution >= 4 is 5.69 Å². The molecule has 5 heteroatoms. The fourth-order valence-corrected chi connectivity index (χ4v) is 2.40. The predicted octanol–water partition coefficient (Wildman–Crippen LogP) is 3.70. The summed E-state index contributed by atoms with van der Waals surface area (Å²) in [4.78, 5) is 0. The molecule has 1 atom stereocenters. The summed E-state index contributed by atoms with van der Waals surface area (Å²) in [6.07, 6.45) is 0.795. The number of hydrogen-bond donors (Lipinski definition) is 1. The molecule has 0 saturated carbocycles. The summed E-state index contributed by atoms with van der Waals surface area (Å²) in [5.41, 5.74) is 1.71. The van der Waals surface area contributed by atoms with Crippen LogP contribution in [0.2, 0.25) is 0 Å². The van der Waals surface area contributed by atoms with Gasteiger partial charge >= 0.3 is 6.61 Å². The first-order valence-corrected chi connectivity index (χ1v) is 6.74. The van der Waals surface area contributed by atoms with Gasteiger partial charge in [0.25, 0.3) is 0 Å². The first-order valence-electron chi connectivity index (χ1n) is 6.74. The van der Waals surface area contributed by atoms with Crippen LogP contribution in [0.5, 0.6) is 11.5 Å². The van der Waals surface area contributed by atoms with Crippen LogP contribution in [-0.2, 0) is 6.42 Å². The van der Waals surface area contributed by atoms with Gasteiger partial charge in [-0.3, -0.25) is 0 Å². The molecule has 1 N–H and O–H groups in total. The van der Waals surface area contributed by atoms with E-state index in [1.807, 2.05) is 24.3 Å². The molecule has 2 aromatic carbocycles. The lowest BCUT2D eigenvalue weighted by Gasteiger charge is -2.15. The molecule has 110 valence electrons. The number of halogens is 2. The smallest absolute Gasteiger partial charge is 0.387 e. The highest BCUT2D eigenvalue weighted by Crippen LogP contribution is 2.29. The van der Waals surface area contributed by atoms with Gasteiger partial charge in [-0.1, -0.05) is 30.3 Å². The highest BCUT2D eigenvalue weighted by atomic mass is 19.3. The number of fused-ring (bicyclic) bond motifs is 1. The van der Waals surface area contributed by atoms with Crippen LogP contribution < -0.4 is 14.8 Å². The Balaban J connectivity index is 1.62. The minimum Gasteiger partial charge on any atom is -0.488 e. The Morgan fingerprint density at radius 3 is 2.71 bits per heavy atom. The van der Waals surface area contributed by atoms with E-state index in [1.54, 1.807) is 18.2 Å². The number of alkyl halides is 2. The van der Waals surface area contributed by atoms with Crippen molar-refractivity contribution in [3.05, 3.63) is 54.1 Å². The minimum atomic E-state index is -2.83. The van der Waals surface area contributed by atoms with Gasteiger partial charge in [0.05, 0.1) is 12.2 Å². The SMILES string of the molecule is FC(F)Oc1ccccc1NCC1Cc2ccccc2O1. The maximum atomic E-state index is 12.3. The lowest BCUT2D eigenvalue weighted by Crippen LogP contribution is -2.24. The average Bonchev–Trinajstić information content (AvgIpc) is 2.88. The molecule has 0 amide bonds. The average molecular weight is 291 g/mol. The van der Waals surface area contributed by atoms with Crippen molar-refractivity contribution in [3.63, 3.8) is 0 Å². The summed E-state index contributed by atoms with van der Waals surface area (Å²) >= 11 is 0. The number of nitrogens with one attached hydrogen (secondary N) is 1. The zero-order valence-corrected chi connectivity index (χ0v) is 11.3. The second-order valence-corrected chi connectivity index (χ2v) is 4.81. The van der Waals surface area contributed by atoms with Crippen molar-refractivity contribution in [1.29, 1.82) is 0 Å². The zero-order chi connectivity index (χ0) is 14.7. The molecule has 3 rings (SSSR count). The molecule has 21 heavy (non-hydrogen) atoms. The molecule has 0 bridgehead atoms. The van der Waals surface area contributed by atoms with Gasteiger partial charge in [-0.2, -0.15) is 8.78 Å². The number of ether oxygens (including phenoxy) is 2. The molecule has 0 spiro atoms.